The number of halogens is 3. The first-order chi connectivity index (χ1) is 18.1. The van der Waals surface area contributed by atoms with E-state index in [1.807, 2.05) is 0 Å². The van der Waals surface area contributed by atoms with E-state index in [0.717, 1.165) is 0 Å². The number of hydrogen-bond acceptors (Lipinski definition) is 9. The summed E-state index contributed by atoms with van der Waals surface area (Å²) in [5.74, 6) is 0.148. The summed E-state index contributed by atoms with van der Waals surface area (Å²) in [5, 5.41) is 3.34. The second kappa shape index (κ2) is 11.8. The van der Waals surface area contributed by atoms with Crippen LogP contribution in [0.5, 0.6) is 11.5 Å². The Morgan fingerprint density at radius 2 is 1.95 bits per heavy atom. The molecule has 0 radical (unpaired) electrons. The minimum absolute atomic E-state index is 0.0803. The Balaban J connectivity index is 1.48. The molecule has 1 saturated heterocycles. The number of anilines is 2. The molecule has 0 spiro atoms. The van der Waals surface area contributed by atoms with Gasteiger partial charge in [0, 0.05) is 37.4 Å². The largest absolute Gasteiger partial charge is 0.493 e. The molecule has 0 saturated carbocycles. The third kappa shape index (κ3) is 6.72. The van der Waals surface area contributed by atoms with Crippen LogP contribution < -0.4 is 14.8 Å². The number of aromatic nitrogens is 2. The van der Waals surface area contributed by atoms with Crippen LogP contribution in [0.3, 0.4) is 0 Å². The molecular weight excluding hydrogens is 566 g/mol. The molecule has 3 aromatic rings. The molecule has 2 aromatic carbocycles. The summed E-state index contributed by atoms with van der Waals surface area (Å²) in [7, 11) is -3.09. The molecule has 1 aliphatic heterocycles. The highest BCUT2D eigenvalue weighted by molar-refractivity contribution is 7.80. The van der Waals surface area contributed by atoms with Crippen LogP contribution in [-0.4, -0.2) is 66.7 Å². The molecule has 0 atom stereocenters. The Hall–Kier alpha value is -2.97. The van der Waals surface area contributed by atoms with Crippen LogP contribution in [0.15, 0.2) is 30.6 Å². The molecule has 1 aromatic heterocycles. The van der Waals surface area contributed by atoms with Gasteiger partial charge in [0.25, 0.3) is 0 Å². The van der Waals surface area contributed by atoms with E-state index in [1.54, 1.807) is 17.0 Å². The van der Waals surface area contributed by atoms with Crippen molar-refractivity contribution in [1.82, 2.24) is 14.9 Å². The third-order valence-corrected chi connectivity index (χ3v) is 7.09. The van der Waals surface area contributed by atoms with E-state index in [-0.39, 0.29) is 34.2 Å². The number of rotatable bonds is 9. The Labute approximate surface area is 227 Å². The number of amides is 1. The van der Waals surface area contributed by atoms with Gasteiger partial charge in [-0.1, -0.05) is 23.2 Å². The quantitative estimate of drug-likeness (QED) is 0.273. The summed E-state index contributed by atoms with van der Waals surface area (Å²) in [4.78, 5) is 22.4. The first kappa shape index (κ1) is 28.0. The number of nitrogens with one attached hydrogen (secondary N) is 1. The van der Waals surface area contributed by atoms with E-state index in [4.69, 9.17) is 37.2 Å². The molecule has 11 nitrogen and oxygen atoms in total. The summed E-state index contributed by atoms with van der Waals surface area (Å²) in [6.07, 6.45) is 1.92. The van der Waals surface area contributed by atoms with Gasteiger partial charge in [-0.3, -0.25) is 9.35 Å². The number of hydrogen-bond donors (Lipinski definition) is 2. The second-order valence-corrected chi connectivity index (χ2v) is 10.2. The Kier molecular flexibility index (Phi) is 8.73. The third-order valence-electron chi connectivity index (χ3n) is 5.85. The van der Waals surface area contributed by atoms with Gasteiger partial charge in [0.15, 0.2) is 17.3 Å². The van der Waals surface area contributed by atoms with Gasteiger partial charge in [0.05, 0.1) is 41.4 Å². The topological polar surface area (TPSA) is 140 Å². The number of nitrogens with zero attached hydrogens (tertiary/aromatic N) is 3. The van der Waals surface area contributed by atoms with Gasteiger partial charge in [-0.15, -0.1) is 0 Å². The fourth-order valence-electron chi connectivity index (χ4n) is 3.96. The molecule has 1 amide bonds. The molecule has 2 N–H and O–H groups in total. The lowest BCUT2D eigenvalue weighted by atomic mass is 10.1. The SMILES string of the molecule is COc1cc2ncnc(Nc3ccc(Cl)c(Cl)c3F)c2cc1OC1CCN(C(=O)CCOS(=O)(=O)O)CC1. The normalized spacial score (nSPS) is 14.5. The fraction of sp³-hybridized carbons (Fsp3) is 0.348. The smallest absolute Gasteiger partial charge is 0.397 e. The summed E-state index contributed by atoms with van der Waals surface area (Å²) in [5.41, 5.74) is 0.608. The van der Waals surface area contributed by atoms with Gasteiger partial charge in [-0.2, -0.15) is 8.42 Å². The summed E-state index contributed by atoms with van der Waals surface area (Å²) < 4.78 is 60.4. The minimum Gasteiger partial charge on any atom is -0.493 e. The van der Waals surface area contributed by atoms with Gasteiger partial charge in [-0.25, -0.2) is 18.5 Å². The summed E-state index contributed by atoms with van der Waals surface area (Å²) in [6, 6.07) is 6.28. The van der Waals surface area contributed by atoms with Crippen molar-refractivity contribution in [3.05, 3.63) is 46.5 Å². The van der Waals surface area contributed by atoms with E-state index in [0.29, 0.717) is 54.2 Å². The van der Waals surface area contributed by atoms with E-state index >= 15 is 0 Å². The second-order valence-electron chi connectivity index (χ2n) is 8.29. The molecule has 1 fully saturated rings. The van der Waals surface area contributed by atoms with E-state index in [1.165, 1.54) is 25.6 Å². The van der Waals surface area contributed by atoms with E-state index in [2.05, 4.69) is 19.5 Å². The number of benzene rings is 2. The van der Waals surface area contributed by atoms with Crippen LogP contribution in [0.4, 0.5) is 15.9 Å². The van der Waals surface area contributed by atoms with E-state index < -0.39 is 22.8 Å². The van der Waals surface area contributed by atoms with Crippen LogP contribution in [0.1, 0.15) is 19.3 Å². The molecule has 38 heavy (non-hydrogen) atoms. The van der Waals surface area contributed by atoms with Crippen molar-refractivity contribution in [1.29, 1.82) is 0 Å². The number of likely N-dealkylation sites (tertiary alicyclic amines) is 1. The molecule has 15 heteroatoms. The maximum Gasteiger partial charge on any atom is 0.397 e. The van der Waals surface area contributed by atoms with Gasteiger partial charge < -0.3 is 19.7 Å². The first-order valence-corrected chi connectivity index (χ1v) is 13.5. The number of piperidine rings is 1. The van der Waals surface area contributed by atoms with Crippen molar-refractivity contribution in [3.8, 4) is 11.5 Å². The zero-order valence-corrected chi connectivity index (χ0v) is 22.3. The number of fused-ring (bicyclic) bond motifs is 1. The van der Waals surface area contributed by atoms with Crippen molar-refractivity contribution < 1.29 is 35.8 Å². The average molecular weight is 589 g/mol. The zero-order chi connectivity index (χ0) is 27.4. The number of methoxy groups -OCH3 is 1. The summed E-state index contributed by atoms with van der Waals surface area (Å²) >= 11 is 11.8. The van der Waals surface area contributed by atoms with Crippen molar-refractivity contribution >= 4 is 61.9 Å². The number of carbonyl (C=O) groups excluding carboxylic acids is 1. The highest BCUT2D eigenvalue weighted by atomic mass is 35.5. The number of ether oxygens (including phenoxy) is 2. The fourth-order valence-corrected chi connectivity index (χ4v) is 4.56. The zero-order valence-electron chi connectivity index (χ0n) is 20.0. The molecule has 0 unspecified atom stereocenters. The molecule has 4 rings (SSSR count). The molecule has 1 aliphatic rings. The maximum absolute atomic E-state index is 14.6. The van der Waals surface area contributed by atoms with Gasteiger partial charge >= 0.3 is 10.4 Å². The highest BCUT2D eigenvalue weighted by Gasteiger charge is 2.25. The Morgan fingerprint density at radius 3 is 2.63 bits per heavy atom. The van der Waals surface area contributed by atoms with Gasteiger partial charge in [0.1, 0.15) is 18.2 Å². The van der Waals surface area contributed by atoms with Crippen molar-refractivity contribution in [2.45, 2.75) is 25.4 Å². The molecular formula is C23H23Cl2FN4O7S. The molecule has 0 bridgehead atoms. The maximum atomic E-state index is 14.6. The molecule has 2 heterocycles. The Bertz CT molecular complexity index is 1450. The monoisotopic (exact) mass is 588 g/mol. The lowest BCUT2D eigenvalue weighted by molar-refractivity contribution is -0.133. The standard InChI is InChI=1S/C23H23Cl2FN4O7S/c1-35-18-11-17-14(23(28-12-27-17)29-16-3-2-15(24)21(25)22(16)26)10-19(18)37-13-4-7-30(8-5-13)20(31)6-9-36-38(32,33)34/h2-3,10-13H,4-9H2,1H3,(H,27,28,29)(H,32,33,34). The van der Waals surface area contributed by atoms with Crippen molar-refractivity contribution in [2.24, 2.45) is 0 Å². The Morgan fingerprint density at radius 1 is 1.21 bits per heavy atom. The predicted molar refractivity (Wildman–Crippen MR) is 138 cm³/mol. The van der Waals surface area contributed by atoms with Crippen LogP contribution in [0.25, 0.3) is 10.9 Å². The lowest BCUT2D eigenvalue weighted by Gasteiger charge is -2.32. The molecule has 0 aliphatic carbocycles. The van der Waals surface area contributed by atoms with E-state index in [9.17, 15) is 17.6 Å². The lowest BCUT2D eigenvalue weighted by Crippen LogP contribution is -2.42. The average Bonchev–Trinajstić information content (AvgIpc) is 2.88. The van der Waals surface area contributed by atoms with Crippen LogP contribution in [0, 0.1) is 5.82 Å². The highest BCUT2D eigenvalue weighted by Crippen LogP contribution is 2.37. The minimum atomic E-state index is -4.59. The van der Waals surface area contributed by atoms with Crippen LogP contribution in [-0.2, 0) is 19.4 Å². The van der Waals surface area contributed by atoms with Crippen LogP contribution in [0.2, 0.25) is 10.0 Å². The molecule has 204 valence electrons. The summed E-state index contributed by atoms with van der Waals surface area (Å²) in [6.45, 7) is 0.336. The van der Waals surface area contributed by atoms with Gasteiger partial charge in [0.2, 0.25) is 5.91 Å². The predicted octanol–water partition coefficient (Wildman–Crippen LogP) is 4.41. The van der Waals surface area contributed by atoms with Crippen molar-refractivity contribution in [3.63, 3.8) is 0 Å². The van der Waals surface area contributed by atoms with Crippen LogP contribution >= 0.6 is 23.2 Å². The first-order valence-electron chi connectivity index (χ1n) is 11.3. The van der Waals surface area contributed by atoms with Crippen molar-refractivity contribution in [2.75, 3.05) is 32.1 Å². The van der Waals surface area contributed by atoms with Gasteiger partial charge in [-0.05, 0) is 18.2 Å². The number of carbonyl (C=O) groups is 1.